The summed E-state index contributed by atoms with van der Waals surface area (Å²) in [6.45, 7) is 3.08. The van der Waals surface area contributed by atoms with E-state index in [0.717, 1.165) is 18.8 Å². The number of nitrogens with one attached hydrogen (secondary N) is 2. The van der Waals surface area contributed by atoms with Crippen molar-refractivity contribution in [2.45, 2.75) is 31.8 Å². The normalized spacial score (nSPS) is 16.4. The third kappa shape index (κ3) is 6.17. The number of furan rings is 1. The Labute approximate surface area is 176 Å². The Morgan fingerprint density at radius 3 is 2.74 bits per heavy atom. The van der Waals surface area contributed by atoms with Crippen molar-refractivity contribution in [2.24, 2.45) is 4.99 Å². The molecule has 1 atom stereocenters. The highest BCUT2D eigenvalue weighted by Crippen LogP contribution is 2.24. The molecule has 0 spiro atoms. The SMILES string of the molecule is CN=C(NCc1ncccc1F)NCC(c1ccco1)N1CCCCC1.I. The van der Waals surface area contributed by atoms with E-state index >= 15 is 0 Å². The van der Waals surface area contributed by atoms with Gasteiger partial charge in [0.2, 0.25) is 0 Å². The zero-order valence-corrected chi connectivity index (χ0v) is 17.9. The van der Waals surface area contributed by atoms with Crippen molar-refractivity contribution in [3.63, 3.8) is 0 Å². The first-order valence-corrected chi connectivity index (χ1v) is 9.09. The molecule has 3 heterocycles. The Hall–Kier alpha value is -1.68. The van der Waals surface area contributed by atoms with E-state index in [0.29, 0.717) is 18.2 Å². The van der Waals surface area contributed by atoms with Gasteiger partial charge in [0.1, 0.15) is 11.6 Å². The number of halogens is 2. The number of hydrogen-bond acceptors (Lipinski definition) is 4. The Balaban J connectivity index is 0.00000261. The fourth-order valence-electron chi connectivity index (χ4n) is 3.25. The van der Waals surface area contributed by atoms with Crippen LogP contribution in [0.2, 0.25) is 0 Å². The molecule has 8 heteroatoms. The fourth-order valence-corrected chi connectivity index (χ4v) is 3.25. The maximum atomic E-state index is 13.7. The van der Waals surface area contributed by atoms with Crippen molar-refractivity contribution in [1.82, 2.24) is 20.5 Å². The van der Waals surface area contributed by atoms with E-state index in [2.05, 4.69) is 25.5 Å². The summed E-state index contributed by atoms with van der Waals surface area (Å²) >= 11 is 0. The summed E-state index contributed by atoms with van der Waals surface area (Å²) < 4.78 is 19.4. The molecule has 2 aromatic rings. The number of aromatic nitrogens is 1. The minimum absolute atomic E-state index is 0. The number of likely N-dealkylation sites (tertiary alicyclic amines) is 1. The Morgan fingerprint density at radius 1 is 1.26 bits per heavy atom. The standard InChI is InChI=1S/C19H26FN5O.HI/c1-21-19(23-13-16-15(20)7-5-9-22-16)24-14-17(18-8-6-12-26-18)25-10-3-2-4-11-25;/h5-9,12,17H,2-4,10-11,13-14H2,1H3,(H2,21,23,24);1H. The summed E-state index contributed by atoms with van der Waals surface area (Å²) in [4.78, 5) is 10.7. The van der Waals surface area contributed by atoms with Gasteiger partial charge in [-0.3, -0.25) is 14.9 Å². The molecule has 27 heavy (non-hydrogen) atoms. The monoisotopic (exact) mass is 487 g/mol. The summed E-state index contributed by atoms with van der Waals surface area (Å²) in [5.74, 6) is 1.24. The largest absolute Gasteiger partial charge is 0.468 e. The Kier molecular flexibility index (Phi) is 8.99. The van der Waals surface area contributed by atoms with E-state index in [1.165, 1.54) is 25.3 Å². The molecule has 1 aliphatic heterocycles. The number of nitrogens with zero attached hydrogens (tertiary/aromatic N) is 3. The molecule has 0 radical (unpaired) electrons. The minimum Gasteiger partial charge on any atom is -0.468 e. The first-order chi connectivity index (χ1) is 12.8. The van der Waals surface area contributed by atoms with Crippen molar-refractivity contribution < 1.29 is 8.81 Å². The highest BCUT2D eigenvalue weighted by molar-refractivity contribution is 14.0. The van der Waals surface area contributed by atoms with Gasteiger partial charge >= 0.3 is 0 Å². The zero-order valence-electron chi connectivity index (χ0n) is 15.5. The van der Waals surface area contributed by atoms with Crippen molar-refractivity contribution in [3.05, 3.63) is 54.0 Å². The number of pyridine rings is 1. The number of hydrogen-bond donors (Lipinski definition) is 2. The fraction of sp³-hybridized carbons (Fsp3) is 0.474. The molecule has 1 unspecified atom stereocenters. The van der Waals surface area contributed by atoms with Crippen molar-refractivity contribution in [1.29, 1.82) is 0 Å². The number of guanidine groups is 1. The molecule has 148 valence electrons. The van der Waals surface area contributed by atoms with Gasteiger partial charge in [0.05, 0.1) is 24.5 Å². The van der Waals surface area contributed by atoms with Gasteiger partial charge in [-0.05, 0) is 50.2 Å². The van der Waals surface area contributed by atoms with Crippen LogP contribution in [0.25, 0.3) is 0 Å². The third-order valence-electron chi connectivity index (χ3n) is 4.65. The molecule has 0 saturated carbocycles. The van der Waals surface area contributed by atoms with Crippen LogP contribution in [0.1, 0.15) is 36.8 Å². The smallest absolute Gasteiger partial charge is 0.191 e. The van der Waals surface area contributed by atoms with Crippen LogP contribution in [-0.4, -0.2) is 42.5 Å². The summed E-state index contributed by atoms with van der Waals surface area (Å²) in [6.07, 6.45) is 7.00. The van der Waals surface area contributed by atoms with E-state index in [4.69, 9.17) is 4.42 Å². The molecule has 6 nitrogen and oxygen atoms in total. The van der Waals surface area contributed by atoms with E-state index in [1.54, 1.807) is 25.6 Å². The van der Waals surface area contributed by atoms with Gasteiger partial charge in [-0.1, -0.05) is 6.42 Å². The van der Waals surface area contributed by atoms with Crippen LogP contribution in [0.3, 0.4) is 0 Å². The maximum Gasteiger partial charge on any atom is 0.191 e. The quantitative estimate of drug-likeness (QED) is 0.372. The van der Waals surface area contributed by atoms with Crippen molar-refractivity contribution in [3.8, 4) is 0 Å². The molecular weight excluding hydrogens is 460 g/mol. The summed E-state index contributed by atoms with van der Waals surface area (Å²) in [7, 11) is 1.70. The lowest BCUT2D eigenvalue weighted by atomic mass is 10.1. The number of aliphatic imine (C=N–C) groups is 1. The van der Waals surface area contributed by atoms with Gasteiger partial charge in [0, 0.05) is 19.8 Å². The molecule has 1 fully saturated rings. The third-order valence-corrected chi connectivity index (χ3v) is 4.65. The summed E-state index contributed by atoms with van der Waals surface area (Å²) in [5.41, 5.74) is 0.370. The van der Waals surface area contributed by atoms with Crippen LogP contribution >= 0.6 is 24.0 Å². The van der Waals surface area contributed by atoms with Gasteiger partial charge in [0.15, 0.2) is 5.96 Å². The second kappa shape index (κ2) is 11.2. The molecule has 2 aromatic heterocycles. The van der Waals surface area contributed by atoms with E-state index in [9.17, 15) is 4.39 Å². The maximum absolute atomic E-state index is 13.7. The van der Waals surface area contributed by atoms with Crippen LogP contribution < -0.4 is 10.6 Å². The molecule has 0 aliphatic carbocycles. The predicted octanol–water partition coefficient (Wildman–Crippen LogP) is 3.32. The molecule has 2 N–H and O–H groups in total. The van der Waals surface area contributed by atoms with Gasteiger partial charge in [-0.25, -0.2) is 4.39 Å². The molecule has 1 saturated heterocycles. The predicted molar refractivity (Wildman–Crippen MR) is 115 cm³/mol. The lowest BCUT2D eigenvalue weighted by Gasteiger charge is -2.33. The van der Waals surface area contributed by atoms with Crippen LogP contribution in [0, 0.1) is 5.82 Å². The summed E-state index contributed by atoms with van der Waals surface area (Å²) in [6, 6.07) is 7.07. The van der Waals surface area contributed by atoms with Crippen molar-refractivity contribution in [2.75, 3.05) is 26.7 Å². The van der Waals surface area contributed by atoms with Gasteiger partial charge in [0.25, 0.3) is 0 Å². The van der Waals surface area contributed by atoms with E-state index in [1.807, 2.05) is 12.1 Å². The number of piperidine rings is 1. The zero-order chi connectivity index (χ0) is 18.2. The molecule has 0 aromatic carbocycles. The number of rotatable bonds is 6. The van der Waals surface area contributed by atoms with E-state index < -0.39 is 0 Å². The molecule has 0 amide bonds. The van der Waals surface area contributed by atoms with Crippen LogP contribution in [0.5, 0.6) is 0 Å². The molecular formula is C19H27FIN5O. The second-order valence-corrected chi connectivity index (χ2v) is 6.37. The van der Waals surface area contributed by atoms with E-state index in [-0.39, 0.29) is 42.4 Å². The molecule has 0 bridgehead atoms. The van der Waals surface area contributed by atoms with Crippen molar-refractivity contribution >= 4 is 29.9 Å². The lowest BCUT2D eigenvalue weighted by Crippen LogP contribution is -2.44. The van der Waals surface area contributed by atoms with Gasteiger partial charge < -0.3 is 15.1 Å². The van der Waals surface area contributed by atoms with Crippen LogP contribution in [0.4, 0.5) is 4.39 Å². The van der Waals surface area contributed by atoms with Gasteiger partial charge in [-0.15, -0.1) is 24.0 Å². The average Bonchev–Trinajstić information content (AvgIpc) is 3.21. The summed E-state index contributed by atoms with van der Waals surface area (Å²) in [5, 5.41) is 6.45. The first-order valence-electron chi connectivity index (χ1n) is 9.09. The highest BCUT2D eigenvalue weighted by atomic mass is 127. The lowest BCUT2D eigenvalue weighted by molar-refractivity contribution is 0.146. The minimum atomic E-state index is -0.322. The Bertz CT molecular complexity index is 704. The highest BCUT2D eigenvalue weighted by Gasteiger charge is 2.24. The Morgan fingerprint density at radius 2 is 2.07 bits per heavy atom. The molecule has 3 rings (SSSR count). The molecule has 1 aliphatic rings. The van der Waals surface area contributed by atoms with Crippen LogP contribution in [0.15, 0.2) is 46.1 Å². The first kappa shape index (κ1) is 21.6. The topological polar surface area (TPSA) is 65.7 Å². The second-order valence-electron chi connectivity index (χ2n) is 6.37. The van der Waals surface area contributed by atoms with Gasteiger partial charge in [-0.2, -0.15) is 0 Å². The average molecular weight is 487 g/mol. The van der Waals surface area contributed by atoms with Crippen LogP contribution in [-0.2, 0) is 6.54 Å².